The van der Waals surface area contributed by atoms with Crippen LogP contribution < -0.4 is 14.8 Å². The van der Waals surface area contributed by atoms with E-state index in [-0.39, 0.29) is 17.0 Å². The van der Waals surface area contributed by atoms with Crippen LogP contribution in [0.15, 0.2) is 24.1 Å². The van der Waals surface area contributed by atoms with Crippen LogP contribution in [0, 0.1) is 0 Å². The minimum absolute atomic E-state index is 0.00878. The molecule has 0 radical (unpaired) electrons. The van der Waals surface area contributed by atoms with Gasteiger partial charge in [-0.25, -0.2) is 0 Å². The Balaban J connectivity index is 1.86. The Morgan fingerprint density at radius 3 is 2.55 bits per heavy atom. The zero-order valence-electron chi connectivity index (χ0n) is 17.3. The first-order chi connectivity index (χ1) is 15.5. The molecule has 0 aliphatic carbocycles. The van der Waals surface area contributed by atoms with Crippen molar-refractivity contribution < 1.29 is 44.8 Å². The third kappa shape index (κ3) is 5.37. The highest BCUT2D eigenvalue weighted by Gasteiger charge is 2.50. The highest BCUT2D eigenvalue weighted by atomic mass is 79.9. The molecule has 1 aromatic carbocycles. The van der Waals surface area contributed by atoms with Gasteiger partial charge in [-0.05, 0) is 25.3 Å². The van der Waals surface area contributed by atoms with E-state index in [1.807, 2.05) is 0 Å². The molecule has 1 atom stereocenters. The first-order valence-electron chi connectivity index (χ1n) is 9.74. The number of nitrogens with zero attached hydrogens (tertiary/aromatic N) is 1. The molecule has 33 heavy (non-hydrogen) atoms. The minimum Gasteiger partial charge on any atom is -0.493 e. The normalized spacial score (nSPS) is 18.2. The molecule has 0 unspecified atom stereocenters. The Hall–Kier alpha value is -2.48. The van der Waals surface area contributed by atoms with Gasteiger partial charge in [0.2, 0.25) is 5.91 Å². The fraction of sp³-hybridized carbons (Fsp3) is 0.474. The lowest BCUT2D eigenvalue weighted by Gasteiger charge is -2.18. The zero-order chi connectivity index (χ0) is 24.4. The third-order valence-electron chi connectivity index (χ3n) is 4.88. The number of amides is 2. The fourth-order valence-corrected chi connectivity index (χ4v) is 4.16. The number of halogens is 4. The summed E-state index contributed by atoms with van der Waals surface area (Å²) in [6.07, 6.45) is 2.93. The molecule has 0 spiro atoms. The number of anilines is 1. The van der Waals surface area contributed by atoms with Crippen LogP contribution in [0.1, 0.15) is 36.0 Å². The number of carbonyl (C=O) groups is 2. The molecule has 3 rings (SSSR count). The molecule has 1 N–H and O–H groups in total. The van der Waals surface area contributed by atoms with Gasteiger partial charge >= 0.3 is 15.6 Å². The van der Waals surface area contributed by atoms with Gasteiger partial charge in [0.1, 0.15) is 11.8 Å². The van der Waals surface area contributed by atoms with Crippen molar-refractivity contribution in [1.29, 1.82) is 0 Å². The molecule has 2 aliphatic heterocycles. The van der Waals surface area contributed by atoms with Gasteiger partial charge in [-0.3, -0.25) is 14.5 Å². The molecule has 0 saturated heterocycles. The summed E-state index contributed by atoms with van der Waals surface area (Å²) >= 11 is 3.35. The lowest BCUT2D eigenvalue weighted by atomic mass is 10.1. The number of methoxy groups -OCH3 is 1. The van der Waals surface area contributed by atoms with Crippen molar-refractivity contribution in [2.24, 2.45) is 0 Å². The van der Waals surface area contributed by atoms with E-state index in [0.717, 1.165) is 35.7 Å². The van der Waals surface area contributed by atoms with Crippen LogP contribution in [0.2, 0.25) is 0 Å². The van der Waals surface area contributed by atoms with Crippen LogP contribution in [0.25, 0.3) is 0 Å². The van der Waals surface area contributed by atoms with Crippen molar-refractivity contribution in [1.82, 2.24) is 4.90 Å². The maximum Gasteiger partial charge on any atom is 0.534 e. The summed E-state index contributed by atoms with van der Waals surface area (Å²) in [5.41, 5.74) is -5.52. The molecule has 0 bridgehead atoms. The van der Waals surface area contributed by atoms with Crippen molar-refractivity contribution in [2.75, 3.05) is 24.4 Å². The molecular formula is C19H20BrF3N2O7S. The molecular weight excluding hydrogens is 537 g/mol. The molecule has 2 heterocycles. The number of alkyl halides is 4. The standard InChI is InChI=1S/C19H20BrF3N2O7S/c1-30-15-8-12-13(9-16(15)31-6-4-2-3-5-20)24-17(26)14-7-11(10-25(14)18(12)27)32-33(28,29)19(21,22)23/h8-10,14H,2-7H2,1H3,(H,24,26)/t14-/m0/s1. The summed E-state index contributed by atoms with van der Waals surface area (Å²) in [6, 6.07) is 1.49. The second kappa shape index (κ2) is 9.79. The van der Waals surface area contributed by atoms with Gasteiger partial charge in [0.15, 0.2) is 11.5 Å². The monoisotopic (exact) mass is 556 g/mol. The van der Waals surface area contributed by atoms with Crippen LogP contribution in [0.3, 0.4) is 0 Å². The van der Waals surface area contributed by atoms with E-state index in [9.17, 15) is 31.2 Å². The number of hydrogen-bond donors (Lipinski definition) is 1. The number of carbonyl (C=O) groups excluding carboxylic acids is 2. The van der Waals surface area contributed by atoms with E-state index in [1.54, 1.807) is 0 Å². The quantitative estimate of drug-likeness (QED) is 0.214. The summed E-state index contributed by atoms with van der Waals surface area (Å²) in [7, 11) is -4.57. The van der Waals surface area contributed by atoms with Crippen molar-refractivity contribution in [3.8, 4) is 11.5 Å². The van der Waals surface area contributed by atoms with Crippen LogP contribution in [0.5, 0.6) is 11.5 Å². The van der Waals surface area contributed by atoms with Crippen LogP contribution >= 0.6 is 15.9 Å². The van der Waals surface area contributed by atoms with E-state index in [1.165, 1.54) is 19.2 Å². The van der Waals surface area contributed by atoms with Crippen molar-refractivity contribution in [3.05, 3.63) is 29.7 Å². The Morgan fingerprint density at radius 2 is 1.91 bits per heavy atom. The average molecular weight is 557 g/mol. The van der Waals surface area contributed by atoms with Gasteiger partial charge in [-0.2, -0.15) is 21.6 Å². The minimum atomic E-state index is -5.94. The van der Waals surface area contributed by atoms with Gasteiger partial charge in [0, 0.05) is 24.0 Å². The molecule has 2 amide bonds. The number of rotatable bonds is 9. The highest BCUT2D eigenvalue weighted by Crippen LogP contribution is 2.39. The van der Waals surface area contributed by atoms with Crippen molar-refractivity contribution in [2.45, 2.75) is 37.2 Å². The molecule has 2 aliphatic rings. The Kier molecular flexibility index (Phi) is 7.46. The SMILES string of the molecule is COc1cc2c(cc1OCCCCCBr)NC(=O)[C@@H]1CC(OS(=O)(=O)C(F)(F)F)=CN1C2=O. The second-order valence-corrected chi connectivity index (χ2v) is 9.48. The van der Waals surface area contributed by atoms with Gasteiger partial charge in [0.05, 0.1) is 25.0 Å². The van der Waals surface area contributed by atoms with Gasteiger partial charge in [-0.15, -0.1) is 0 Å². The molecule has 14 heteroatoms. The van der Waals surface area contributed by atoms with Gasteiger partial charge < -0.3 is 19.0 Å². The lowest BCUT2D eigenvalue weighted by molar-refractivity contribution is -0.119. The third-order valence-corrected chi connectivity index (χ3v) is 6.44. The Labute approximate surface area is 196 Å². The average Bonchev–Trinajstić information content (AvgIpc) is 3.12. The van der Waals surface area contributed by atoms with Crippen LogP contribution in [-0.4, -0.2) is 55.7 Å². The summed E-state index contributed by atoms with van der Waals surface area (Å²) < 4.78 is 75.5. The van der Waals surface area contributed by atoms with E-state index in [0.29, 0.717) is 12.4 Å². The number of unbranched alkanes of at least 4 members (excludes halogenated alkanes) is 2. The predicted octanol–water partition coefficient (Wildman–Crippen LogP) is 3.51. The van der Waals surface area contributed by atoms with Crippen molar-refractivity contribution >= 4 is 43.5 Å². The van der Waals surface area contributed by atoms with E-state index in [2.05, 4.69) is 25.4 Å². The molecule has 9 nitrogen and oxygen atoms in total. The van der Waals surface area contributed by atoms with Crippen LogP contribution in [0.4, 0.5) is 18.9 Å². The number of nitrogens with one attached hydrogen (secondary N) is 1. The molecule has 0 saturated carbocycles. The summed E-state index contributed by atoms with van der Waals surface area (Å²) in [5.74, 6) is -1.64. The number of benzene rings is 1. The fourth-order valence-electron chi connectivity index (χ4n) is 3.27. The molecule has 1 aromatic rings. The first kappa shape index (κ1) is 25.1. The maximum absolute atomic E-state index is 13.0. The number of hydrogen-bond acceptors (Lipinski definition) is 7. The Morgan fingerprint density at radius 1 is 1.18 bits per heavy atom. The second-order valence-electron chi connectivity index (χ2n) is 7.15. The highest BCUT2D eigenvalue weighted by molar-refractivity contribution is 9.09. The number of fused-ring (bicyclic) bond motifs is 2. The topological polar surface area (TPSA) is 111 Å². The van der Waals surface area contributed by atoms with Gasteiger partial charge in [0.25, 0.3) is 5.91 Å². The summed E-state index contributed by atoms with van der Waals surface area (Å²) in [6.45, 7) is 0.385. The first-order valence-corrected chi connectivity index (χ1v) is 12.3. The van der Waals surface area contributed by atoms with E-state index >= 15 is 0 Å². The molecule has 0 fully saturated rings. The molecule has 0 aromatic heterocycles. The maximum atomic E-state index is 13.0. The summed E-state index contributed by atoms with van der Waals surface area (Å²) in [5, 5.41) is 3.42. The predicted molar refractivity (Wildman–Crippen MR) is 113 cm³/mol. The number of ether oxygens (including phenoxy) is 2. The van der Waals surface area contributed by atoms with Crippen molar-refractivity contribution in [3.63, 3.8) is 0 Å². The van der Waals surface area contributed by atoms with Crippen LogP contribution in [-0.2, 0) is 19.1 Å². The smallest absolute Gasteiger partial charge is 0.493 e. The Bertz CT molecular complexity index is 1080. The zero-order valence-corrected chi connectivity index (χ0v) is 19.7. The largest absolute Gasteiger partial charge is 0.534 e. The lowest BCUT2D eigenvalue weighted by Crippen LogP contribution is -2.38. The van der Waals surface area contributed by atoms with E-state index < -0.39 is 45.7 Å². The van der Waals surface area contributed by atoms with E-state index in [4.69, 9.17) is 9.47 Å². The van der Waals surface area contributed by atoms with Gasteiger partial charge in [-0.1, -0.05) is 15.9 Å². The summed E-state index contributed by atoms with van der Waals surface area (Å²) in [4.78, 5) is 26.5. The molecule has 182 valence electrons.